The molecule has 2 aromatic carbocycles. The fourth-order valence-corrected chi connectivity index (χ4v) is 3.15. The molecular weight excluding hydrogens is 404 g/mol. The number of aliphatic hydroxyl groups excluding tert-OH is 5. The van der Waals surface area contributed by atoms with Gasteiger partial charge in [-0.3, -0.25) is 4.79 Å². The van der Waals surface area contributed by atoms with Crippen molar-refractivity contribution in [1.82, 2.24) is 0 Å². The van der Waals surface area contributed by atoms with Gasteiger partial charge in [0.1, 0.15) is 24.1 Å². The number of nitrogen functional groups attached to an aromatic ring is 1. The van der Waals surface area contributed by atoms with E-state index in [0.717, 1.165) is 0 Å². The van der Waals surface area contributed by atoms with Crippen molar-refractivity contribution in [3.63, 3.8) is 0 Å². The molecule has 2 rings (SSSR count). The third kappa shape index (κ3) is 5.93. The number of aliphatic hydroxyl groups is 5. The van der Waals surface area contributed by atoms with Gasteiger partial charge >= 0.3 is 0 Å². The van der Waals surface area contributed by atoms with Crippen molar-refractivity contribution in [2.24, 2.45) is 0 Å². The number of ketones is 1. The van der Waals surface area contributed by atoms with Gasteiger partial charge in [0.05, 0.1) is 19.8 Å². The second-order valence-electron chi connectivity index (χ2n) is 7.17. The van der Waals surface area contributed by atoms with Crippen LogP contribution in [-0.2, 0) is 0 Å². The summed E-state index contributed by atoms with van der Waals surface area (Å²) < 4.78 is 5.10. The van der Waals surface area contributed by atoms with Crippen LogP contribution in [0.25, 0.3) is 0 Å². The molecule has 170 valence electrons. The van der Waals surface area contributed by atoms with Crippen molar-refractivity contribution in [1.29, 1.82) is 0 Å². The SMILES string of the molecule is CCN(CC(O)C(O)C(O)C(O)CO)c1ccc(N)c(C(=O)c2ccc(OC)cc2)c1. The molecule has 9 heteroatoms. The fraction of sp³-hybridized carbons (Fsp3) is 0.409. The van der Waals surface area contributed by atoms with Crippen LogP contribution in [0.2, 0.25) is 0 Å². The van der Waals surface area contributed by atoms with E-state index in [9.17, 15) is 25.2 Å². The summed E-state index contributed by atoms with van der Waals surface area (Å²) in [5.41, 5.74) is 7.62. The molecule has 4 unspecified atom stereocenters. The lowest BCUT2D eigenvalue weighted by atomic mass is 10.00. The van der Waals surface area contributed by atoms with Crippen molar-refractivity contribution in [3.8, 4) is 5.75 Å². The van der Waals surface area contributed by atoms with Gasteiger partial charge in [-0.05, 0) is 49.4 Å². The number of carbonyl (C=O) groups is 1. The van der Waals surface area contributed by atoms with Crippen LogP contribution in [0, 0.1) is 0 Å². The highest BCUT2D eigenvalue weighted by Crippen LogP contribution is 2.25. The van der Waals surface area contributed by atoms with Crippen molar-refractivity contribution < 1.29 is 35.1 Å². The largest absolute Gasteiger partial charge is 0.497 e. The summed E-state index contributed by atoms with van der Waals surface area (Å²) >= 11 is 0. The minimum Gasteiger partial charge on any atom is -0.497 e. The van der Waals surface area contributed by atoms with E-state index < -0.39 is 31.0 Å². The Hall–Kier alpha value is -2.69. The number of hydrogen-bond acceptors (Lipinski definition) is 9. The molecule has 0 amide bonds. The maximum Gasteiger partial charge on any atom is 0.195 e. The first-order valence-electron chi connectivity index (χ1n) is 9.89. The molecule has 0 aliphatic rings. The van der Waals surface area contributed by atoms with Crippen molar-refractivity contribution in [2.45, 2.75) is 31.3 Å². The Labute approximate surface area is 180 Å². The molecule has 7 N–H and O–H groups in total. The van der Waals surface area contributed by atoms with E-state index >= 15 is 0 Å². The average molecular weight is 434 g/mol. The minimum atomic E-state index is -1.71. The van der Waals surface area contributed by atoms with Gasteiger partial charge in [0, 0.05) is 35.6 Å². The molecule has 9 nitrogen and oxygen atoms in total. The average Bonchev–Trinajstić information content (AvgIpc) is 2.80. The molecule has 0 bridgehead atoms. The van der Waals surface area contributed by atoms with E-state index in [0.29, 0.717) is 29.2 Å². The number of benzene rings is 2. The van der Waals surface area contributed by atoms with Crippen LogP contribution >= 0.6 is 0 Å². The summed E-state index contributed by atoms with van der Waals surface area (Å²) in [6, 6.07) is 11.5. The summed E-state index contributed by atoms with van der Waals surface area (Å²) in [6.45, 7) is 1.39. The number of ether oxygens (including phenoxy) is 1. The zero-order chi connectivity index (χ0) is 23.1. The fourth-order valence-electron chi connectivity index (χ4n) is 3.15. The topological polar surface area (TPSA) is 157 Å². The molecule has 0 aliphatic carbocycles. The predicted molar refractivity (Wildman–Crippen MR) is 116 cm³/mol. The van der Waals surface area contributed by atoms with Crippen LogP contribution in [0.15, 0.2) is 42.5 Å². The van der Waals surface area contributed by atoms with E-state index in [1.54, 1.807) is 47.4 Å². The molecule has 4 atom stereocenters. The summed E-state index contributed by atoms with van der Waals surface area (Å²) in [7, 11) is 1.53. The number of methoxy groups -OCH3 is 1. The highest BCUT2D eigenvalue weighted by molar-refractivity contribution is 6.12. The summed E-state index contributed by atoms with van der Waals surface area (Å²) in [6.07, 6.45) is -6.39. The van der Waals surface area contributed by atoms with Crippen molar-refractivity contribution in [2.75, 3.05) is 37.4 Å². The highest BCUT2D eigenvalue weighted by atomic mass is 16.5. The van der Waals surface area contributed by atoms with E-state index in [4.69, 9.17) is 15.6 Å². The smallest absolute Gasteiger partial charge is 0.195 e. The second-order valence-corrected chi connectivity index (χ2v) is 7.17. The lowest BCUT2D eigenvalue weighted by Gasteiger charge is -2.31. The summed E-state index contributed by atoms with van der Waals surface area (Å²) in [5, 5.41) is 48.6. The normalized spacial score (nSPS) is 15.1. The molecule has 0 spiro atoms. The van der Waals surface area contributed by atoms with Crippen molar-refractivity contribution >= 4 is 17.2 Å². The third-order valence-corrected chi connectivity index (χ3v) is 5.11. The van der Waals surface area contributed by atoms with Crippen LogP contribution in [-0.4, -0.2) is 82.5 Å². The molecule has 0 fully saturated rings. The Balaban J connectivity index is 2.23. The Bertz CT molecular complexity index is 859. The molecule has 0 aromatic heterocycles. The van der Waals surface area contributed by atoms with Crippen LogP contribution in [0.3, 0.4) is 0 Å². The number of likely N-dealkylation sites (N-methyl/N-ethyl adjacent to an activating group) is 1. The van der Waals surface area contributed by atoms with E-state index in [2.05, 4.69) is 0 Å². The molecule has 0 radical (unpaired) electrons. The first-order chi connectivity index (χ1) is 14.7. The van der Waals surface area contributed by atoms with Gasteiger partial charge in [-0.25, -0.2) is 0 Å². The number of nitrogens with two attached hydrogens (primary N) is 1. The van der Waals surface area contributed by atoms with Gasteiger partial charge in [-0.1, -0.05) is 0 Å². The molecule has 0 aliphatic heterocycles. The minimum absolute atomic E-state index is 0.0903. The zero-order valence-corrected chi connectivity index (χ0v) is 17.5. The lowest BCUT2D eigenvalue weighted by Crippen LogP contribution is -2.49. The molecule has 31 heavy (non-hydrogen) atoms. The first-order valence-corrected chi connectivity index (χ1v) is 9.89. The maximum atomic E-state index is 12.9. The Morgan fingerprint density at radius 1 is 1.03 bits per heavy atom. The molecule has 0 heterocycles. The summed E-state index contributed by atoms with van der Waals surface area (Å²) in [5.74, 6) is 0.344. The van der Waals surface area contributed by atoms with Crippen molar-refractivity contribution in [3.05, 3.63) is 53.6 Å². The number of nitrogens with zero attached hydrogens (tertiary/aromatic N) is 1. The van der Waals surface area contributed by atoms with Gasteiger partial charge in [0.25, 0.3) is 0 Å². The van der Waals surface area contributed by atoms with Crippen LogP contribution in [0.5, 0.6) is 5.75 Å². The maximum absolute atomic E-state index is 12.9. The quantitative estimate of drug-likeness (QED) is 0.208. The molecule has 0 saturated carbocycles. The molecule has 0 saturated heterocycles. The molecular formula is C22H30N2O7. The standard InChI is InChI=1S/C22H30N2O7/c1-3-24(11-18(26)21(29)22(30)19(27)12-25)14-6-9-17(23)16(10-14)20(28)13-4-7-15(31-2)8-5-13/h4-10,18-19,21-22,25-27,29-30H,3,11-12,23H2,1-2H3. The number of rotatable bonds is 11. The first kappa shape index (κ1) is 24.6. The highest BCUT2D eigenvalue weighted by Gasteiger charge is 2.31. The van der Waals surface area contributed by atoms with E-state index in [1.165, 1.54) is 7.11 Å². The zero-order valence-electron chi connectivity index (χ0n) is 17.5. The lowest BCUT2D eigenvalue weighted by molar-refractivity contribution is -0.112. The third-order valence-electron chi connectivity index (χ3n) is 5.11. The summed E-state index contributed by atoms with van der Waals surface area (Å²) in [4.78, 5) is 14.6. The van der Waals surface area contributed by atoms with Crippen LogP contribution in [0.1, 0.15) is 22.8 Å². The predicted octanol–water partition coefficient (Wildman–Crippen LogP) is -0.229. The van der Waals surface area contributed by atoms with E-state index in [1.807, 2.05) is 6.92 Å². The van der Waals surface area contributed by atoms with Crippen LogP contribution < -0.4 is 15.4 Å². The second kappa shape index (κ2) is 11.1. The number of hydrogen-bond donors (Lipinski definition) is 6. The Kier molecular flexibility index (Phi) is 8.78. The van der Waals surface area contributed by atoms with Gasteiger partial charge in [-0.15, -0.1) is 0 Å². The number of carbonyl (C=O) groups excluding carboxylic acids is 1. The number of anilines is 2. The Morgan fingerprint density at radius 2 is 1.65 bits per heavy atom. The van der Waals surface area contributed by atoms with Gasteiger partial charge in [0.2, 0.25) is 0 Å². The monoisotopic (exact) mass is 434 g/mol. The van der Waals surface area contributed by atoms with Gasteiger partial charge < -0.3 is 40.9 Å². The van der Waals surface area contributed by atoms with Gasteiger partial charge in [0.15, 0.2) is 5.78 Å². The van der Waals surface area contributed by atoms with Gasteiger partial charge in [-0.2, -0.15) is 0 Å². The van der Waals surface area contributed by atoms with Crippen LogP contribution in [0.4, 0.5) is 11.4 Å². The Morgan fingerprint density at radius 3 is 2.19 bits per heavy atom. The van der Waals surface area contributed by atoms with E-state index in [-0.39, 0.29) is 17.9 Å². The molecule has 2 aromatic rings.